The lowest BCUT2D eigenvalue weighted by molar-refractivity contribution is -0.161. The summed E-state index contributed by atoms with van der Waals surface area (Å²) in [5.41, 5.74) is 1.02. The van der Waals surface area contributed by atoms with E-state index in [1.54, 1.807) is 0 Å². The first-order valence-corrected chi connectivity index (χ1v) is 8.62. The molecule has 3 aliphatic rings. The summed E-state index contributed by atoms with van der Waals surface area (Å²) in [6.45, 7) is 3.70. The standard InChI is InChI=1S/C16H18N2O5S/c1-15(2)11(14(20)21)18-12(19)10(13(18)24-15)17-16(22-23-16)8-9-6-4-3-5-7-9/h3-7,10-11,13,17H,8H2,1-2H3,(H,20,21)/t10-,11+,13-/m1/s1. The van der Waals surface area contributed by atoms with Crippen LogP contribution in [0.4, 0.5) is 0 Å². The lowest BCUT2D eigenvalue weighted by Gasteiger charge is -2.44. The third-order valence-corrected chi connectivity index (χ3v) is 6.19. The zero-order chi connectivity index (χ0) is 17.1. The average Bonchev–Trinajstić information content (AvgIpc) is 3.23. The zero-order valence-electron chi connectivity index (χ0n) is 13.3. The van der Waals surface area contributed by atoms with Crippen molar-refractivity contribution >= 4 is 23.6 Å². The summed E-state index contributed by atoms with van der Waals surface area (Å²) in [7, 11) is 0. The van der Waals surface area contributed by atoms with E-state index in [4.69, 9.17) is 9.78 Å². The molecule has 1 amide bonds. The molecule has 0 unspecified atom stereocenters. The van der Waals surface area contributed by atoms with E-state index in [0.29, 0.717) is 6.42 Å². The van der Waals surface area contributed by atoms with Gasteiger partial charge in [0.25, 0.3) is 5.91 Å². The quantitative estimate of drug-likeness (QED) is 0.464. The van der Waals surface area contributed by atoms with Crippen molar-refractivity contribution in [2.75, 3.05) is 0 Å². The van der Waals surface area contributed by atoms with E-state index in [-0.39, 0.29) is 11.3 Å². The van der Waals surface area contributed by atoms with Gasteiger partial charge in [0.1, 0.15) is 17.5 Å². The molecule has 24 heavy (non-hydrogen) atoms. The maximum absolute atomic E-state index is 12.5. The fourth-order valence-corrected chi connectivity index (χ4v) is 5.08. The molecule has 8 heteroatoms. The number of carboxylic acid groups (broad SMARTS) is 1. The van der Waals surface area contributed by atoms with Crippen molar-refractivity contribution in [3.63, 3.8) is 0 Å². The number of nitrogens with zero attached hydrogens (tertiary/aromatic N) is 1. The van der Waals surface area contributed by atoms with Gasteiger partial charge in [0.15, 0.2) is 0 Å². The second-order valence-corrected chi connectivity index (χ2v) is 8.57. The van der Waals surface area contributed by atoms with Gasteiger partial charge >= 0.3 is 5.97 Å². The Kier molecular flexibility index (Phi) is 3.44. The number of benzene rings is 1. The molecular weight excluding hydrogens is 332 g/mol. The Labute approximate surface area is 143 Å². The van der Waals surface area contributed by atoms with Crippen LogP contribution in [0.15, 0.2) is 30.3 Å². The molecule has 3 fully saturated rings. The number of hydrogen-bond donors (Lipinski definition) is 2. The van der Waals surface area contributed by atoms with Crippen molar-refractivity contribution in [2.45, 2.75) is 48.4 Å². The summed E-state index contributed by atoms with van der Waals surface area (Å²) < 4.78 is -0.541. The van der Waals surface area contributed by atoms with Gasteiger partial charge in [0.2, 0.25) is 5.91 Å². The van der Waals surface area contributed by atoms with Crippen molar-refractivity contribution in [1.82, 2.24) is 10.2 Å². The maximum Gasteiger partial charge on any atom is 0.327 e. The Bertz CT molecular complexity index is 691. The van der Waals surface area contributed by atoms with E-state index < -0.39 is 28.7 Å². The summed E-state index contributed by atoms with van der Waals surface area (Å²) in [5.74, 6) is -2.20. The lowest BCUT2D eigenvalue weighted by Crippen LogP contribution is -2.71. The van der Waals surface area contributed by atoms with Crippen LogP contribution in [0.3, 0.4) is 0 Å². The van der Waals surface area contributed by atoms with Gasteiger partial charge in [-0.05, 0) is 19.4 Å². The Morgan fingerprint density at radius 2 is 2.00 bits per heavy atom. The molecular formula is C16H18N2O5S. The lowest BCUT2D eigenvalue weighted by atomic mass is 9.95. The second kappa shape index (κ2) is 5.19. The van der Waals surface area contributed by atoms with Crippen LogP contribution in [-0.4, -0.2) is 50.0 Å². The topological polar surface area (TPSA) is 94.7 Å². The molecule has 0 spiro atoms. The Morgan fingerprint density at radius 1 is 1.33 bits per heavy atom. The maximum atomic E-state index is 12.5. The molecule has 0 bridgehead atoms. The molecule has 0 saturated carbocycles. The number of fused-ring (bicyclic) bond motifs is 1. The number of hydrogen-bond acceptors (Lipinski definition) is 6. The average molecular weight is 350 g/mol. The van der Waals surface area contributed by atoms with Gasteiger partial charge in [-0.25, -0.2) is 10.1 Å². The van der Waals surface area contributed by atoms with Gasteiger partial charge in [-0.2, -0.15) is 9.78 Å². The number of carboxylic acids is 1. The predicted octanol–water partition coefficient (Wildman–Crippen LogP) is 0.950. The number of rotatable bonds is 5. The molecule has 1 aromatic rings. The molecule has 7 nitrogen and oxygen atoms in total. The predicted molar refractivity (Wildman–Crippen MR) is 85.7 cm³/mol. The number of amides is 1. The van der Waals surface area contributed by atoms with Gasteiger partial charge in [-0.15, -0.1) is 11.8 Å². The first-order valence-electron chi connectivity index (χ1n) is 7.74. The molecule has 0 radical (unpaired) electrons. The van der Waals surface area contributed by atoms with E-state index in [1.165, 1.54) is 16.7 Å². The molecule has 1 aromatic carbocycles. The van der Waals surface area contributed by atoms with Crippen LogP contribution >= 0.6 is 11.8 Å². The van der Waals surface area contributed by atoms with Gasteiger partial charge in [-0.3, -0.25) is 4.79 Å². The summed E-state index contributed by atoms with van der Waals surface area (Å²) in [6.07, 6.45) is 0.473. The Hall–Kier alpha value is -1.61. The molecule has 3 atom stereocenters. The third-order valence-electron chi connectivity index (χ3n) is 4.61. The summed E-state index contributed by atoms with van der Waals surface area (Å²) in [5, 5.41) is 12.3. The number of β-lactam (4-membered cyclic amide) rings is 1. The molecule has 3 heterocycles. The van der Waals surface area contributed by atoms with Crippen LogP contribution in [0, 0.1) is 0 Å². The van der Waals surface area contributed by atoms with Crippen molar-refractivity contribution in [1.29, 1.82) is 0 Å². The Morgan fingerprint density at radius 3 is 2.58 bits per heavy atom. The normalized spacial score (nSPS) is 32.2. The minimum atomic E-state index is -1.00. The molecule has 2 N–H and O–H groups in total. The highest BCUT2D eigenvalue weighted by Crippen LogP contribution is 2.51. The molecule has 3 saturated heterocycles. The second-order valence-electron chi connectivity index (χ2n) is 6.80. The summed E-state index contributed by atoms with van der Waals surface area (Å²) in [6, 6.07) is 8.36. The SMILES string of the molecule is CC1(C)S[C@@H]2[C@H](NC3(Cc4ccccc4)OO3)C(=O)N2[C@H]1C(=O)O. The Balaban J connectivity index is 1.48. The van der Waals surface area contributed by atoms with Crippen molar-refractivity contribution in [3.05, 3.63) is 35.9 Å². The first kappa shape index (κ1) is 15.9. The zero-order valence-corrected chi connectivity index (χ0v) is 14.1. The highest BCUT2D eigenvalue weighted by Gasteiger charge is 2.66. The van der Waals surface area contributed by atoms with E-state index in [0.717, 1.165) is 5.56 Å². The number of aliphatic carboxylic acids is 1. The fraction of sp³-hybridized carbons (Fsp3) is 0.500. The molecule has 3 aliphatic heterocycles. The van der Waals surface area contributed by atoms with E-state index in [9.17, 15) is 14.7 Å². The largest absolute Gasteiger partial charge is 0.480 e. The van der Waals surface area contributed by atoms with Crippen LogP contribution in [0.5, 0.6) is 0 Å². The van der Waals surface area contributed by atoms with Gasteiger partial charge in [0.05, 0.1) is 0 Å². The van der Waals surface area contributed by atoms with Gasteiger partial charge in [0, 0.05) is 11.2 Å². The highest BCUT2D eigenvalue weighted by molar-refractivity contribution is 8.01. The minimum absolute atomic E-state index is 0.225. The van der Waals surface area contributed by atoms with Crippen LogP contribution in [0.1, 0.15) is 19.4 Å². The minimum Gasteiger partial charge on any atom is -0.480 e. The van der Waals surface area contributed by atoms with Crippen LogP contribution in [-0.2, 0) is 25.8 Å². The van der Waals surface area contributed by atoms with Crippen molar-refractivity contribution < 1.29 is 24.5 Å². The van der Waals surface area contributed by atoms with Crippen molar-refractivity contribution in [3.8, 4) is 0 Å². The van der Waals surface area contributed by atoms with Crippen LogP contribution in [0.2, 0.25) is 0 Å². The van der Waals surface area contributed by atoms with Gasteiger partial charge < -0.3 is 10.0 Å². The molecule has 0 aliphatic carbocycles. The summed E-state index contributed by atoms with van der Waals surface area (Å²) in [4.78, 5) is 35.7. The molecule has 0 aromatic heterocycles. The molecule has 128 valence electrons. The number of carbonyl (C=O) groups is 2. The van der Waals surface area contributed by atoms with Crippen molar-refractivity contribution in [2.24, 2.45) is 0 Å². The molecule has 4 rings (SSSR count). The number of carbonyl (C=O) groups excluding carboxylic acids is 1. The van der Waals surface area contributed by atoms with E-state index in [1.807, 2.05) is 44.2 Å². The smallest absolute Gasteiger partial charge is 0.327 e. The van der Waals surface area contributed by atoms with E-state index >= 15 is 0 Å². The monoisotopic (exact) mass is 350 g/mol. The number of thioether (sulfide) groups is 1. The first-order chi connectivity index (χ1) is 11.3. The number of nitrogens with one attached hydrogen (secondary N) is 1. The van der Waals surface area contributed by atoms with Crippen LogP contribution in [0.25, 0.3) is 0 Å². The fourth-order valence-electron chi connectivity index (χ4n) is 3.46. The van der Waals surface area contributed by atoms with E-state index in [2.05, 4.69) is 5.32 Å². The highest BCUT2D eigenvalue weighted by atomic mass is 32.2. The van der Waals surface area contributed by atoms with Gasteiger partial charge in [-0.1, -0.05) is 30.3 Å². The van der Waals surface area contributed by atoms with Crippen LogP contribution < -0.4 is 5.32 Å². The third kappa shape index (κ3) is 2.41. The summed E-state index contributed by atoms with van der Waals surface area (Å²) >= 11 is 1.49.